The Hall–Kier alpha value is -1.77. The molecule has 1 aliphatic carbocycles. The number of methoxy groups -OCH3 is 1. The Morgan fingerprint density at radius 3 is 3.00 bits per heavy atom. The van der Waals surface area contributed by atoms with Crippen LogP contribution in [0.2, 0.25) is 0 Å². The van der Waals surface area contributed by atoms with Gasteiger partial charge >= 0.3 is 0 Å². The zero-order valence-electron chi connectivity index (χ0n) is 9.08. The summed E-state index contributed by atoms with van der Waals surface area (Å²) in [5, 5.41) is 0. The largest absolute Gasteiger partial charge is 0.497 e. The first-order valence-electron chi connectivity index (χ1n) is 5.32. The van der Waals surface area contributed by atoms with E-state index in [9.17, 15) is 4.79 Å². The summed E-state index contributed by atoms with van der Waals surface area (Å²) in [6, 6.07) is 5.75. The number of carbonyl (C=O) groups excluding carboxylic acids is 1. The highest BCUT2D eigenvalue weighted by Gasteiger charge is 2.28. The summed E-state index contributed by atoms with van der Waals surface area (Å²) in [6.07, 6.45) is 1.11. The van der Waals surface area contributed by atoms with E-state index in [0.717, 1.165) is 28.2 Å². The Morgan fingerprint density at radius 2 is 2.19 bits per heavy atom. The van der Waals surface area contributed by atoms with Crippen LogP contribution in [0.25, 0.3) is 5.57 Å². The molecule has 0 N–H and O–H groups in total. The Balaban J connectivity index is 2.08. The standard InChI is InChI=1S/C13H12O3/c1-15-10-2-3-11-12-5-9(14)4-8(12)7-16-13(11)6-10/h2-3,6H,4-5,7H2,1H3. The molecule has 1 aromatic carbocycles. The maximum absolute atomic E-state index is 11.4. The van der Waals surface area contributed by atoms with Crippen molar-refractivity contribution in [3.8, 4) is 11.5 Å². The molecule has 0 saturated heterocycles. The average Bonchev–Trinajstić information content (AvgIpc) is 2.69. The van der Waals surface area contributed by atoms with Crippen molar-refractivity contribution in [2.24, 2.45) is 0 Å². The summed E-state index contributed by atoms with van der Waals surface area (Å²) in [7, 11) is 1.63. The summed E-state index contributed by atoms with van der Waals surface area (Å²) < 4.78 is 10.8. The van der Waals surface area contributed by atoms with E-state index < -0.39 is 0 Å². The topological polar surface area (TPSA) is 35.5 Å². The lowest BCUT2D eigenvalue weighted by Gasteiger charge is -2.19. The fraction of sp³-hybridized carbons (Fsp3) is 0.308. The third kappa shape index (κ3) is 1.32. The third-order valence-corrected chi connectivity index (χ3v) is 3.13. The molecule has 2 aliphatic rings. The maximum Gasteiger partial charge on any atom is 0.141 e. The van der Waals surface area contributed by atoms with Gasteiger partial charge in [-0.05, 0) is 23.3 Å². The first kappa shape index (κ1) is 9.46. The van der Waals surface area contributed by atoms with Gasteiger partial charge in [-0.2, -0.15) is 0 Å². The van der Waals surface area contributed by atoms with Gasteiger partial charge in [0.2, 0.25) is 0 Å². The van der Waals surface area contributed by atoms with E-state index in [2.05, 4.69) is 0 Å². The minimum atomic E-state index is 0.289. The van der Waals surface area contributed by atoms with E-state index >= 15 is 0 Å². The quantitative estimate of drug-likeness (QED) is 0.722. The number of ketones is 1. The smallest absolute Gasteiger partial charge is 0.141 e. The van der Waals surface area contributed by atoms with Crippen molar-refractivity contribution in [1.82, 2.24) is 0 Å². The normalized spacial score (nSPS) is 17.9. The first-order chi connectivity index (χ1) is 7.78. The molecular weight excluding hydrogens is 204 g/mol. The second-order valence-corrected chi connectivity index (χ2v) is 4.13. The molecule has 0 saturated carbocycles. The van der Waals surface area contributed by atoms with E-state index in [1.807, 2.05) is 18.2 Å². The van der Waals surface area contributed by atoms with Crippen LogP contribution in [-0.2, 0) is 4.79 Å². The fourth-order valence-corrected chi connectivity index (χ4v) is 2.32. The molecule has 1 heterocycles. The molecule has 0 spiro atoms. The summed E-state index contributed by atoms with van der Waals surface area (Å²) in [4.78, 5) is 11.4. The fourth-order valence-electron chi connectivity index (χ4n) is 2.32. The van der Waals surface area contributed by atoms with Gasteiger partial charge in [-0.1, -0.05) is 0 Å². The van der Waals surface area contributed by atoms with Crippen molar-refractivity contribution in [1.29, 1.82) is 0 Å². The van der Waals surface area contributed by atoms with Crippen molar-refractivity contribution < 1.29 is 14.3 Å². The van der Waals surface area contributed by atoms with Crippen LogP contribution >= 0.6 is 0 Å². The summed E-state index contributed by atoms with van der Waals surface area (Å²) in [5.41, 5.74) is 3.35. The number of rotatable bonds is 1. The molecule has 3 heteroatoms. The van der Waals surface area contributed by atoms with Gasteiger partial charge in [0.05, 0.1) is 7.11 Å². The van der Waals surface area contributed by atoms with Gasteiger partial charge in [0, 0.05) is 24.5 Å². The molecule has 0 bridgehead atoms. The number of hydrogen-bond donors (Lipinski definition) is 0. The second-order valence-electron chi connectivity index (χ2n) is 4.13. The molecule has 16 heavy (non-hydrogen) atoms. The third-order valence-electron chi connectivity index (χ3n) is 3.13. The van der Waals surface area contributed by atoms with Crippen LogP contribution in [0.3, 0.4) is 0 Å². The zero-order valence-corrected chi connectivity index (χ0v) is 9.08. The predicted octanol–water partition coefficient (Wildman–Crippen LogP) is 2.20. The molecule has 1 aromatic rings. The summed E-state index contributed by atoms with van der Waals surface area (Å²) in [6.45, 7) is 0.543. The van der Waals surface area contributed by atoms with Crippen LogP contribution in [0.1, 0.15) is 18.4 Å². The maximum atomic E-state index is 11.4. The van der Waals surface area contributed by atoms with Crippen molar-refractivity contribution in [3.63, 3.8) is 0 Å². The van der Waals surface area contributed by atoms with Crippen molar-refractivity contribution in [3.05, 3.63) is 29.3 Å². The van der Waals surface area contributed by atoms with Gasteiger partial charge in [0.25, 0.3) is 0 Å². The Bertz CT molecular complexity index is 500. The van der Waals surface area contributed by atoms with Gasteiger partial charge in [-0.25, -0.2) is 0 Å². The number of ether oxygens (including phenoxy) is 2. The van der Waals surface area contributed by atoms with Gasteiger partial charge in [0.15, 0.2) is 0 Å². The molecule has 82 valence electrons. The summed E-state index contributed by atoms with van der Waals surface area (Å²) in [5.74, 6) is 1.90. The van der Waals surface area contributed by atoms with Crippen LogP contribution in [0.4, 0.5) is 0 Å². The zero-order chi connectivity index (χ0) is 11.1. The highest BCUT2D eigenvalue weighted by atomic mass is 16.5. The van der Waals surface area contributed by atoms with Crippen molar-refractivity contribution in [2.75, 3.05) is 13.7 Å². The van der Waals surface area contributed by atoms with Crippen LogP contribution in [-0.4, -0.2) is 19.5 Å². The van der Waals surface area contributed by atoms with Crippen LogP contribution in [0.15, 0.2) is 23.8 Å². The highest BCUT2D eigenvalue weighted by Crippen LogP contribution is 2.41. The Kier molecular flexibility index (Phi) is 1.99. The second kappa shape index (κ2) is 3.37. The lowest BCUT2D eigenvalue weighted by atomic mass is 9.99. The molecule has 0 aromatic heterocycles. The molecular formula is C13H12O3. The highest BCUT2D eigenvalue weighted by molar-refractivity contribution is 6.00. The van der Waals surface area contributed by atoms with Crippen molar-refractivity contribution >= 4 is 11.4 Å². The molecule has 0 amide bonds. The SMILES string of the molecule is COc1ccc2c(c1)OCC1=C2CC(=O)C1. The monoisotopic (exact) mass is 216 g/mol. The first-order valence-corrected chi connectivity index (χ1v) is 5.32. The van der Waals surface area contributed by atoms with Crippen LogP contribution < -0.4 is 9.47 Å². The predicted molar refractivity (Wildman–Crippen MR) is 59.7 cm³/mol. The van der Waals surface area contributed by atoms with E-state index in [-0.39, 0.29) is 5.78 Å². The number of hydrogen-bond acceptors (Lipinski definition) is 3. The molecule has 0 unspecified atom stereocenters. The van der Waals surface area contributed by atoms with Crippen LogP contribution in [0, 0.1) is 0 Å². The molecule has 3 rings (SSSR count). The minimum Gasteiger partial charge on any atom is -0.497 e. The Labute approximate surface area is 93.7 Å². The number of carbonyl (C=O) groups is 1. The van der Waals surface area contributed by atoms with Crippen LogP contribution in [0.5, 0.6) is 11.5 Å². The lowest BCUT2D eigenvalue weighted by Crippen LogP contribution is -2.08. The molecule has 0 fully saturated rings. The molecule has 3 nitrogen and oxygen atoms in total. The lowest BCUT2D eigenvalue weighted by molar-refractivity contribution is -0.116. The Morgan fingerprint density at radius 1 is 1.31 bits per heavy atom. The minimum absolute atomic E-state index is 0.289. The summed E-state index contributed by atoms with van der Waals surface area (Å²) >= 11 is 0. The number of Topliss-reactive ketones (excluding diaryl/α,β-unsaturated/α-hetero) is 1. The van der Waals surface area contributed by atoms with Crippen molar-refractivity contribution in [2.45, 2.75) is 12.8 Å². The molecule has 0 atom stereocenters. The van der Waals surface area contributed by atoms with E-state index in [1.54, 1.807) is 7.11 Å². The average molecular weight is 216 g/mol. The molecule has 0 radical (unpaired) electrons. The van der Waals surface area contributed by atoms with Gasteiger partial charge in [0.1, 0.15) is 23.9 Å². The van der Waals surface area contributed by atoms with Gasteiger partial charge in [-0.3, -0.25) is 4.79 Å². The van der Waals surface area contributed by atoms with Gasteiger partial charge in [-0.15, -0.1) is 0 Å². The number of allylic oxidation sites excluding steroid dienone is 1. The van der Waals surface area contributed by atoms with E-state index in [1.165, 1.54) is 0 Å². The number of fused-ring (bicyclic) bond motifs is 2. The number of benzene rings is 1. The van der Waals surface area contributed by atoms with Gasteiger partial charge < -0.3 is 9.47 Å². The van der Waals surface area contributed by atoms with E-state index in [0.29, 0.717) is 19.4 Å². The van der Waals surface area contributed by atoms with E-state index in [4.69, 9.17) is 9.47 Å². The molecule has 1 aliphatic heterocycles.